The first-order valence-electron chi connectivity index (χ1n) is 7.67. The maximum Gasteiger partial charge on any atom is 0.241 e. The van der Waals surface area contributed by atoms with Gasteiger partial charge < -0.3 is 15.5 Å². The highest BCUT2D eigenvalue weighted by Crippen LogP contribution is 2.12. The number of nitrogens with zero attached hydrogens (tertiary/aromatic N) is 2. The second-order valence-corrected chi connectivity index (χ2v) is 5.13. The molecular weight excluding hydrogens is 391 g/mol. The highest BCUT2D eigenvalue weighted by atomic mass is 127. The van der Waals surface area contributed by atoms with Gasteiger partial charge in [0.15, 0.2) is 5.96 Å². The number of amides is 1. The quantitative estimate of drug-likeness (QED) is 0.451. The van der Waals surface area contributed by atoms with Crippen LogP contribution >= 0.6 is 24.0 Å². The summed E-state index contributed by atoms with van der Waals surface area (Å²) in [6, 6.07) is 9.97. The standard InChI is InChI=1S/C16H24N4O.HI/c1-2-17-15(21)13-18-16(20-11-7-4-8-12-20)19-14-9-5-3-6-10-14;/h3,5-6,9-10H,2,4,7-8,11-13H2,1H3,(H,17,21)(H,18,19);1H. The van der Waals surface area contributed by atoms with E-state index in [4.69, 9.17) is 0 Å². The van der Waals surface area contributed by atoms with Gasteiger partial charge in [0.1, 0.15) is 6.54 Å². The van der Waals surface area contributed by atoms with Gasteiger partial charge in [-0.3, -0.25) is 4.79 Å². The average molecular weight is 416 g/mol. The molecule has 0 spiro atoms. The zero-order chi connectivity index (χ0) is 14.9. The van der Waals surface area contributed by atoms with Gasteiger partial charge >= 0.3 is 0 Å². The minimum atomic E-state index is -0.0399. The Morgan fingerprint density at radius 2 is 1.86 bits per heavy atom. The summed E-state index contributed by atoms with van der Waals surface area (Å²) in [6.45, 7) is 4.70. The highest BCUT2D eigenvalue weighted by Gasteiger charge is 2.15. The van der Waals surface area contributed by atoms with Crippen LogP contribution in [-0.4, -0.2) is 42.9 Å². The normalized spacial score (nSPS) is 15.0. The second kappa shape index (κ2) is 10.4. The van der Waals surface area contributed by atoms with Gasteiger partial charge in [0, 0.05) is 25.3 Å². The van der Waals surface area contributed by atoms with E-state index in [0.29, 0.717) is 6.54 Å². The average Bonchev–Trinajstić information content (AvgIpc) is 2.53. The van der Waals surface area contributed by atoms with Crippen LogP contribution in [0.1, 0.15) is 26.2 Å². The summed E-state index contributed by atoms with van der Waals surface area (Å²) in [5, 5.41) is 6.12. The molecule has 1 aromatic rings. The number of guanidine groups is 1. The molecule has 0 bridgehead atoms. The summed E-state index contributed by atoms with van der Waals surface area (Å²) in [4.78, 5) is 18.3. The van der Waals surface area contributed by atoms with Gasteiger partial charge in [-0.05, 0) is 38.3 Å². The number of carbonyl (C=O) groups is 1. The van der Waals surface area contributed by atoms with E-state index in [2.05, 4.69) is 20.5 Å². The van der Waals surface area contributed by atoms with Gasteiger partial charge in [-0.1, -0.05) is 18.2 Å². The molecule has 1 aromatic carbocycles. The number of likely N-dealkylation sites (tertiary alicyclic amines) is 1. The van der Waals surface area contributed by atoms with Crippen molar-refractivity contribution in [1.82, 2.24) is 10.2 Å². The van der Waals surface area contributed by atoms with Crippen LogP contribution in [0.15, 0.2) is 35.3 Å². The van der Waals surface area contributed by atoms with Crippen LogP contribution in [0.2, 0.25) is 0 Å². The molecule has 0 unspecified atom stereocenters. The molecule has 1 heterocycles. The van der Waals surface area contributed by atoms with Gasteiger partial charge in [0.2, 0.25) is 5.91 Å². The first kappa shape index (κ1) is 18.7. The number of para-hydroxylation sites is 1. The Hall–Kier alpha value is -1.31. The Kier molecular flexibility index (Phi) is 8.88. The lowest BCUT2D eigenvalue weighted by Gasteiger charge is -2.30. The van der Waals surface area contributed by atoms with Crippen molar-refractivity contribution in [2.24, 2.45) is 4.99 Å². The van der Waals surface area contributed by atoms with E-state index in [1.54, 1.807) is 0 Å². The Balaban J connectivity index is 0.00000242. The molecule has 5 nitrogen and oxygen atoms in total. The minimum absolute atomic E-state index is 0. The number of nitrogens with one attached hydrogen (secondary N) is 2. The maximum absolute atomic E-state index is 11.6. The lowest BCUT2D eigenvalue weighted by atomic mass is 10.1. The third kappa shape index (κ3) is 6.21. The Bertz CT molecular complexity index is 472. The third-order valence-corrected chi connectivity index (χ3v) is 3.43. The van der Waals surface area contributed by atoms with Gasteiger partial charge in [0.25, 0.3) is 0 Å². The number of likely N-dealkylation sites (N-methyl/N-ethyl adjacent to an activating group) is 1. The molecule has 0 radical (unpaired) electrons. The summed E-state index contributed by atoms with van der Waals surface area (Å²) in [5.74, 6) is 0.758. The smallest absolute Gasteiger partial charge is 0.241 e. The summed E-state index contributed by atoms with van der Waals surface area (Å²) in [5.41, 5.74) is 0.998. The number of carbonyl (C=O) groups excluding carboxylic acids is 1. The Labute approximate surface area is 149 Å². The van der Waals surface area contributed by atoms with Crippen molar-refractivity contribution in [1.29, 1.82) is 0 Å². The molecule has 0 saturated carbocycles. The molecule has 1 saturated heterocycles. The molecular formula is C16H25IN4O. The fourth-order valence-electron chi connectivity index (χ4n) is 2.37. The SMILES string of the molecule is CCNC(=O)CN=C(Nc1ccccc1)N1CCCCC1.I. The number of anilines is 1. The Morgan fingerprint density at radius 1 is 1.18 bits per heavy atom. The molecule has 6 heteroatoms. The van der Waals surface area contributed by atoms with Gasteiger partial charge in [0.05, 0.1) is 0 Å². The predicted octanol–water partition coefficient (Wildman–Crippen LogP) is 2.69. The first-order chi connectivity index (χ1) is 10.3. The fourth-order valence-corrected chi connectivity index (χ4v) is 2.37. The number of aliphatic imine (C=N–C) groups is 1. The van der Waals surface area contributed by atoms with Crippen molar-refractivity contribution in [2.45, 2.75) is 26.2 Å². The number of hydrogen-bond acceptors (Lipinski definition) is 2. The number of benzene rings is 1. The van der Waals surface area contributed by atoms with Gasteiger partial charge in [-0.15, -0.1) is 24.0 Å². The van der Waals surface area contributed by atoms with Crippen LogP contribution in [0, 0.1) is 0 Å². The van der Waals surface area contributed by atoms with Crippen LogP contribution in [0.4, 0.5) is 5.69 Å². The minimum Gasteiger partial charge on any atom is -0.355 e. The molecule has 2 N–H and O–H groups in total. The van der Waals surface area contributed by atoms with Crippen LogP contribution in [0.3, 0.4) is 0 Å². The molecule has 122 valence electrons. The molecule has 1 aliphatic heterocycles. The lowest BCUT2D eigenvalue weighted by Crippen LogP contribution is -2.40. The molecule has 1 aliphatic rings. The summed E-state index contributed by atoms with van der Waals surface area (Å²) < 4.78 is 0. The van der Waals surface area contributed by atoms with E-state index in [-0.39, 0.29) is 36.4 Å². The van der Waals surface area contributed by atoms with E-state index in [1.807, 2.05) is 37.3 Å². The summed E-state index contributed by atoms with van der Waals surface area (Å²) in [6.07, 6.45) is 3.62. The zero-order valence-electron chi connectivity index (χ0n) is 13.0. The van der Waals surface area contributed by atoms with E-state index in [1.165, 1.54) is 19.3 Å². The second-order valence-electron chi connectivity index (χ2n) is 5.13. The number of rotatable bonds is 4. The van der Waals surface area contributed by atoms with Crippen LogP contribution < -0.4 is 10.6 Å². The van der Waals surface area contributed by atoms with E-state index in [0.717, 1.165) is 24.7 Å². The molecule has 0 atom stereocenters. The lowest BCUT2D eigenvalue weighted by molar-refractivity contribution is -0.119. The van der Waals surface area contributed by atoms with Crippen molar-refractivity contribution in [3.8, 4) is 0 Å². The van der Waals surface area contributed by atoms with Crippen molar-refractivity contribution < 1.29 is 4.79 Å². The van der Waals surface area contributed by atoms with Crippen molar-refractivity contribution in [3.05, 3.63) is 30.3 Å². The number of halogens is 1. The van der Waals surface area contributed by atoms with E-state index >= 15 is 0 Å². The predicted molar refractivity (Wildman–Crippen MR) is 102 cm³/mol. The largest absolute Gasteiger partial charge is 0.355 e. The first-order valence-corrected chi connectivity index (χ1v) is 7.67. The van der Waals surface area contributed by atoms with E-state index < -0.39 is 0 Å². The number of piperidine rings is 1. The highest BCUT2D eigenvalue weighted by molar-refractivity contribution is 14.0. The molecule has 22 heavy (non-hydrogen) atoms. The molecule has 1 amide bonds. The monoisotopic (exact) mass is 416 g/mol. The molecule has 1 fully saturated rings. The van der Waals surface area contributed by atoms with Crippen LogP contribution in [0.5, 0.6) is 0 Å². The van der Waals surface area contributed by atoms with Crippen LogP contribution in [0.25, 0.3) is 0 Å². The zero-order valence-corrected chi connectivity index (χ0v) is 15.4. The van der Waals surface area contributed by atoms with Crippen molar-refractivity contribution in [2.75, 3.05) is 31.5 Å². The summed E-state index contributed by atoms with van der Waals surface area (Å²) >= 11 is 0. The third-order valence-electron chi connectivity index (χ3n) is 3.43. The molecule has 2 rings (SSSR count). The summed E-state index contributed by atoms with van der Waals surface area (Å²) in [7, 11) is 0. The van der Waals surface area contributed by atoms with Gasteiger partial charge in [-0.25, -0.2) is 4.99 Å². The molecule has 0 aliphatic carbocycles. The fraction of sp³-hybridized carbons (Fsp3) is 0.500. The van der Waals surface area contributed by atoms with Crippen LogP contribution in [-0.2, 0) is 4.79 Å². The van der Waals surface area contributed by atoms with E-state index in [9.17, 15) is 4.79 Å². The maximum atomic E-state index is 11.6. The Morgan fingerprint density at radius 3 is 2.50 bits per heavy atom. The van der Waals surface area contributed by atoms with Crippen molar-refractivity contribution >= 4 is 41.5 Å². The number of hydrogen-bond donors (Lipinski definition) is 2. The topological polar surface area (TPSA) is 56.7 Å². The van der Waals surface area contributed by atoms with Crippen molar-refractivity contribution in [3.63, 3.8) is 0 Å². The van der Waals surface area contributed by atoms with Gasteiger partial charge in [-0.2, -0.15) is 0 Å². The molecule has 0 aromatic heterocycles.